The molecular formula is C23H25F3N2O3S. The maximum atomic E-state index is 13.3. The van der Waals surface area contributed by atoms with E-state index < -0.39 is 23.3 Å². The van der Waals surface area contributed by atoms with Crippen molar-refractivity contribution in [2.24, 2.45) is 0 Å². The van der Waals surface area contributed by atoms with Gasteiger partial charge in [0.2, 0.25) is 0 Å². The van der Waals surface area contributed by atoms with Gasteiger partial charge in [0, 0.05) is 41.9 Å². The Balaban J connectivity index is 1.51. The lowest BCUT2D eigenvalue weighted by Gasteiger charge is -2.41. The number of benzene rings is 2. The number of halogens is 3. The molecule has 2 aromatic carbocycles. The van der Waals surface area contributed by atoms with Gasteiger partial charge in [-0.15, -0.1) is 0 Å². The number of rotatable bonds is 5. The molecule has 0 amide bonds. The molecule has 0 bridgehead atoms. The molecule has 5 nitrogen and oxygen atoms in total. The standard InChI is InChI=1S/C23H25F3N2O3S/c1-15-14-22(31,21(29)30)9-12-27(15)10-4-11-28-17-5-2-3-6-19(17)32-20-8-7-16(13-18(20)28)23(24,25)26/h2-3,5-8,13,15,31H,4,9-12,14H2,1H3,(H,29,30). The minimum Gasteiger partial charge on any atom is -0.479 e. The van der Waals surface area contributed by atoms with Gasteiger partial charge in [-0.3, -0.25) is 0 Å². The Morgan fingerprint density at radius 1 is 1.16 bits per heavy atom. The molecule has 0 spiro atoms. The van der Waals surface area contributed by atoms with Crippen LogP contribution in [0.1, 0.15) is 31.7 Å². The van der Waals surface area contributed by atoms with Crippen molar-refractivity contribution in [2.45, 2.75) is 53.8 Å². The van der Waals surface area contributed by atoms with Gasteiger partial charge in [-0.2, -0.15) is 13.2 Å². The van der Waals surface area contributed by atoms with Crippen LogP contribution in [0.2, 0.25) is 0 Å². The molecule has 32 heavy (non-hydrogen) atoms. The van der Waals surface area contributed by atoms with Gasteiger partial charge in [0.15, 0.2) is 5.60 Å². The fraction of sp³-hybridized carbons (Fsp3) is 0.435. The fourth-order valence-corrected chi connectivity index (χ4v) is 5.55. The van der Waals surface area contributed by atoms with Crippen LogP contribution < -0.4 is 4.90 Å². The predicted octanol–water partition coefficient (Wildman–Crippen LogP) is 5.00. The molecule has 2 aliphatic heterocycles. The Labute approximate surface area is 188 Å². The fourth-order valence-electron chi connectivity index (χ4n) is 4.47. The highest BCUT2D eigenvalue weighted by molar-refractivity contribution is 7.99. The molecule has 4 rings (SSSR count). The lowest BCUT2D eigenvalue weighted by atomic mass is 9.87. The average molecular weight is 467 g/mol. The number of carbonyl (C=O) groups is 1. The van der Waals surface area contributed by atoms with Gasteiger partial charge < -0.3 is 20.0 Å². The summed E-state index contributed by atoms with van der Waals surface area (Å²) in [7, 11) is 0. The number of piperidine rings is 1. The SMILES string of the molecule is CC1CC(O)(C(=O)O)CCN1CCCN1c2ccccc2Sc2ccc(C(F)(F)F)cc21. The molecular weight excluding hydrogens is 441 g/mol. The number of carboxylic acid groups (broad SMARTS) is 1. The Morgan fingerprint density at radius 2 is 1.88 bits per heavy atom. The van der Waals surface area contributed by atoms with Gasteiger partial charge in [0.1, 0.15) is 0 Å². The van der Waals surface area contributed by atoms with E-state index in [-0.39, 0.29) is 18.9 Å². The summed E-state index contributed by atoms with van der Waals surface area (Å²) < 4.78 is 40.0. The third-order valence-electron chi connectivity index (χ3n) is 6.25. The Hall–Kier alpha value is -2.23. The maximum Gasteiger partial charge on any atom is 0.416 e. The summed E-state index contributed by atoms with van der Waals surface area (Å²) in [5.74, 6) is -1.19. The summed E-state index contributed by atoms with van der Waals surface area (Å²) in [5, 5.41) is 19.5. The van der Waals surface area contributed by atoms with Crippen molar-refractivity contribution in [3.8, 4) is 0 Å². The molecule has 2 aliphatic rings. The highest BCUT2D eigenvalue weighted by atomic mass is 32.2. The summed E-state index contributed by atoms with van der Waals surface area (Å²) >= 11 is 1.47. The first-order valence-electron chi connectivity index (χ1n) is 10.5. The van der Waals surface area contributed by atoms with E-state index in [1.165, 1.54) is 23.9 Å². The molecule has 1 saturated heterocycles. The molecule has 0 radical (unpaired) electrons. The van der Waals surface area contributed by atoms with Crippen molar-refractivity contribution in [1.29, 1.82) is 0 Å². The van der Waals surface area contributed by atoms with Gasteiger partial charge >= 0.3 is 12.1 Å². The number of likely N-dealkylation sites (tertiary alicyclic amines) is 1. The van der Waals surface area contributed by atoms with Crippen LogP contribution in [0.3, 0.4) is 0 Å². The number of fused-ring (bicyclic) bond motifs is 2. The summed E-state index contributed by atoms with van der Waals surface area (Å²) in [5.41, 5.74) is -0.920. The Kier molecular flexibility index (Phi) is 6.17. The second-order valence-corrected chi connectivity index (χ2v) is 9.51. The summed E-state index contributed by atoms with van der Waals surface area (Å²) in [6.45, 7) is 3.55. The molecule has 2 aromatic rings. The number of para-hydroxylation sites is 1. The van der Waals surface area contributed by atoms with Crippen molar-refractivity contribution < 1.29 is 28.2 Å². The van der Waals surface area contributed by atoms with Crippen LogP contribution in [0.5, 0.6) is 0 Å². The minimum absolute atomic E-state index is 0.0989. The van der Waals surface area contributed by atoms with Gasteiger partial charge in [-0.25, -0.2) is 4.79 Å². The number of hydrogen-bond acceptors (Lipinski definition) is 5. The summed E-state index contributed by atoms with van der Waals surface area (Å²) in [6.07, 6.45) is -3.41. The third-order valence-corrected chi connectivity index (χ3v) is 7.38. The van der Waals surface area contributed by atoms with Crippen LogP contribution in [0.15, 0.2) is 52.3 Å². The molecule has 2 N–H and O–H groups in total. The smallest absolute Gasteiger partial charge is 0.416 e. The van der Waals surface area contributed by atoms with Crippen LogP contribution in [0.4, 0.5) is 24.5 Å². The lowest BCUT2D eigenvalue weighted by molar-refractivity contribution is -0.165. The molecule has 2 atom stereocenters. The number of carboxylic acids is 1. The summed E-state index contributed by atoms with van der Waals surface area (Å²) in [4.78, 5) is 17.2. The summed E-state index contributed by atoms with van der Waals surface area (Å²) in [6, 6.07) is 11.5. The normalized spacial score (nSPS) is 23.5. The minimum atomic E-state index is -4.41. The first-order chi connectivity index (χ1) is 15.1. The second-order valence-electron chi connectivity index (χ2n) is 8.43. The van der Waals surface area contributed by atoms with Crippen LogP contribution in [0, 0.1) is 0 Å². The molecule has 0 aliphatic carbocycles. The largest absolute Gasteiger partial charge is 0.479 e. The second kappa shape index (κ2) is 8.61. The van der Waals surface area contributed by atoms with E-state index >= 15 is 0 Å². The van der Waals surface area contributed by atoms with Crippen LogP contribution in [-0.2, 0) is 11.0 Å². The quantitative estimate of drug-likeness (QED) is 0.647. The van der Waals surface area contributed by atoms with Gasteiger partial charge in [0.25, 0.3) is 0 Å². The van der Waals surface area contributed by atoms with E-state index in [0.717, 1.165) is 21.5 Å². The van der Waals surface area contributed by atoms with E-state index in [1.54, 1.807) is 0 Å². The average Bonchev–Trinajstić information content (AvgIpc) is 2.73. The molecule has 0 aromatic heterocycles. The molecule has 9 heteroatoms. The lowest BCUT2D eigenvalue weighted by Crippen LogP contribution is -2.53. The zero-order chi connectivity index (χ0) is 23.1. The van der Waals surface area contributed by atoms with Crippen LogP contribution >= 0.6 is 11.8 Å². The van der Waals surface area contributed by atoms with Crippen molar-refractivity contribution in [3.05, 3.63) is 48.0 Å². The highest BCUT2D eigenvalue weighted by Gasteiger charge is 2.42. The first kappa shape index (κ1) is 22.9. The molecule has 1 fully saturated rings. The zero-order valence-corrected chi connectivity index (χ0v) is 18.4. The number of nitrogens with zero attached hydrogens (tertiary/aromatic N) is 2. The van der Waals surface area contributed by atoms with Gasteiger partial charge in [-0.1, -0.05) is 23.9 Å². The number of hydrogen-bond donors (Lipinski definition) is 2. The molecule has 172 valence electrons. The van der Waals surface area contributed by atoms with Crippen molar-refractivity contribution >= 4 is 29.1 Å². The number of aliphatic hydroxyl groups is 1. The number of aliphatic carboxylic acids is 1. The van der Waals surface area contributed by atoms with E-state index in [1.807, 2.05) is 36.1 Å². The molecule has 2 heterocycles. The number of alkyl halides is 3. The molecule has 2 unspecified atom stereocenters. The van der Waals surface area contributed by atoms with Crippen LogP contribution in [-0.4, -0.2) is 52.4 Å². The highest BCUT2D eigenvalue weighted by Crippen LogP contribution is 2.49. The van der Waals surface area contributed by atoms with Crippen molar-refractivity contribution in [3.63, 3.8) is 0 Å². The first-order valence-corrected chi connectivity index (χ1v) is 11.4. The molecule has 0 saturated carbocycles. The van der Waals surface area contributed by atoms with Crippen LogP contribution in [0.25, 0.3) is 0 Å². The Bertz CT molecular complexity index is 1020. The van der Waals surface area contributed by atoms with Gasteiger partial charge in [0.05, 0.1) is 16.9 Å². The van der Waals surface area contributed by atoms with Crippen molar-refractivity contribution in [1.82, 2.24) is 4.90 Å². The maximum absolute atomic E-state index is 13.3. The van der Waals surface area contributed by atoms with Crippen molar-refractivity contribution in [2.75, 3.05) is 24.5 Å². The topological polar surface area (TPSA) is 64.0 Å². The third kappa shape index (κ3) is 4.46. The van der Waals surface area contributed by atoms with Gasteiger partial charge in [-0.05, 0) is 50.1 Å². The monoisotopic (exact) mass is 466 g/mol. The number of anilines is 2. The van der Waals surface area contributed by atoms with E-state index in [4.69, 9.17) is 0 Å². The predicted molar refractivity (Wildman–Crippen MR) is 116 cm³/mol. The Morgan fingerprint density at radius 3 is 2.56 bits per heavy atom. The van der Waals surface area contributed by atoms with E-state index in [0.29, 0.717) is 31.7 Å². The zero-order valence-electron chi connectivity index (χ0n) is 17.6. The van der Waals surface area contributed by atoms with E-state index in [9.17, 15) is 28.2 Å². The van der Waals surface area contributed by atoms with E-state index in [2.05, 4.69) is 4.90 Å².